The molecule has 1 heterocycles. The van der Waals surface area contributed by atoms with E-state index in [9.17, 15) is 14.0 Å². The molecular weight excluding hydrogens is 423 g/mol. The molecule has 0 spiro atoms. The molecule has 32 heavy (non-hydrogen) atoms. The van der Waals surface area contributed by atoms with Crippen molar-refractivity contribution in [3.05, 3.63) is 51.7 Å². The van der Waals surface area contributed by atoms with Crippen LogP contribution in [0.25, 0.3) is 0 Å². The molecule has 0 fully saturated rings. The Kier molecular flexibility index (Phi) is 7.75. The summed E-state index contributed by atoms with van der Waals surface area (Å²) in [6, 6.07) is 5.95. The van der Waals surface area contributed by atoms with Crippen molar-refractivity contribution in [2.75, 3.05) is 18.4 Å². The summed E-state index contributed by atoms with van der Waals surface area (Å²) in [5.41, 5.74) is 1.85. The van der Waals surface area contributed by atoms with Gasteiger partial charge in [0.05, 0.1) is 11.1 Å². The van der Waals surface area contributed by atoms with Crippen LogP contribution in [-0.2, 0) is 12.8 Å². The molecule has 4 nitrogen and oxygen atoms in total. The molecule has 1 N–H and O–H groups in total. The van der Waals surface area contributed by atoms with Crippen LogP contribution in [0.4, 0.5) is 9.39 Å². The Balaban J connectivity index is 2.01. The van der Waals surface area contributed by atoms with Gasteiger partial charge in [-0.05, 0) is 61.1 Å². The fourth-order valence-electron chi connectivity index (χ4n) is 4.47. The summed E-state index contributed by atoms with van der Waals surface area (Å²) in [5, 5.41) is 3.45. The van der Waals surface area contributed by atoms with E-state index in [1.165, 1.54) is 28.3 Å². The Hall–Kier alpha value is -2.21. The third-order valence-corrected chi connectivity index (χ3v) is 7.49. The van der Waals surface area contributed by atoms with Gasteiger partial charge in [-0.1, -0.05) is 46.8 Å². The molecule has 1 aliphatic carbocycles. The van der Waals surface area contributed by atoms with Crippen molar-refractivity contribution in [1.82, 2.24) is 4.90 Å². The summed E-state index contributed by atoms with van der Waals surface area (Å²) in [6.45, 7) is 12.3. The van der Waals surface area contributed by atoms with Gasteiger partial charge in [0.15, 0.2) is 0 Å². The topological polar surface area (TPSA) is 49.4 Å². The summed E-state index contributed by atoms with van der Waals surface area (Å²) in [7, 11) is 0. The third kappa shape index (κ3) is 5.22. The number of benzene rings is 1. The summed E-state index contributed by atoms with van der Waals surface area (Å²) in [5.74, 6) is -0.579. The van der Waals surface area contributed by atoms with Gasteiger partial charge in [0.1, 0.15) is 10.8 Å². The van der Waals surface area contributed by atoms with Gasteiger partial charge in [0, 0.05) is 18.0 Å². The number of fused-ring (bicyclic) bond motifs is 1. The maximum atomic E-state index is 14.2. The Labute approximate surface area is 195 Å². The van der Waals surface area contributed by atoms with Crippen molar-refractivity contribution in [3.63, 3.8) is 0 Å². The van der Waals surface area contributed by atoms with Gasteiger partial charge in [-0.15, -0.1) is 11.3 Å². The second-order valence-electron chi connectivity index (χ2n) is 9.74. The zero-order valence-electron chi connectivity index (χ0n) is 19.9. The molecule has 1 aliphatic rings. The number of nitrogens with one attached hydrogen (secondary N) is 1. The third-order valence-electron chi connectivity index (χ3n) is 6.32. The predicted octanol–water partition coefficient (Wildman–Crippen LogP) is 6.55. The van der Waals surface area contributed by atoms with Crippen molar-refractivity contribution in [1.29, 1.82) is 0 Å². The van der Waals surface area contributed by atoms with Crippen LogP contribution < -0.4 is 5.32 Å². The van der Waals surface area contributed by atoms with Crippen LogP contribution in [0, 0.1) is 17.2 Å². The number of thiophene rings is 1. The van der Waals surface area contributed by atoms with E-state index < -0.39 is 11.7 Å². The van der Waals surface area contributed by atoms with Crippen LogP contribution in [0.15, 0.2) is 24.3 Å². The van der Waals surface area contributed by atoms with Crippen molar-refractivity contribution in [3.8, 4) is 0 Å². The molecule has 0 saturated heterocycles. The SMILES string of the molecule is CCCN(CCC)C(=O)c1c(NC(=O)c2ccccc2F)sc2c1CCC(C(C)(C)C)C2. The number of hydrogen-bond donors (Lipinski definition) is 1. The van der Waals surface area contributed by atoms with Gasteiger partial charge in [-0.2, -0.15) is 0 Å². The van der Waals surface area contributed by atoms with Crippen LogP contribution in [-0.4, -0.2) is 29.8 Å². The van der Waals surface area contributed by atoms with E-state index in [1.807, 2.05) is 4.90 Å². The fourth-order valence-corrected chi connectivity index (χ4v) is 5.78. The fraction of sp³-hybridized carbons (Fsp3) is 0.538. The minimum absolute atomic E-state index is 0.0104. The van der Waals surface area contributed by atoms with Crippen molar-refractivity contribution in [2.24, 2.45) is 11.3 Å². The van der Waals surface area contributed by atoms with E-state index in [0.29, 0.717) is 29.6 Å². The summed E-state index contributed by atoms with van der Waals surface area (Å²) < 4.78 is 14.2. The van der Waals surface area contributed by atoms with E-state index in [4.69, 9.17) is 0 Å². The first kappa shape index (κ1) is 24.4. The lowest BCUT2D eigenvalue weighted by Gasteiger charge is -2.34. The highest BCUT2D eigenvalue weighted by Crippen LogP contribution is 2.44. The standard InChI is InChI=1S/C26H35FN2O2S/c1-6-14-29(15-7-2)25(31)22-19-13-12-17(26(3,4)5)16-21(19)32-24(22)28-23(30)18-10-8-9-11-20(18)27/h8-11,17H,6-7,12-16H2,1-5H3,(H,28,30). The number of rotatable bonds is 7. The van der Waals surface area contributed by atoms with Gasteiger partial charge in [0.25, 0.3) is 11.8 Å². The Morgan fingerprint density at radius 1 is 1.16 bits per heavy atom. The maximum Gasteiger partial charge on any atom is 0.259 e. The average Bonchev–Trinajstić information content (AvgIpc) is 3.09. The average molecular weight is 459 g/mol. The van der Waals surface area contributed by atoms with E-state index in [2.05, 4.69) is 39.9 Å². The Morgan fingerprint density at radius 3 is 2.41 bits per heavy atom. The summed E-state index contributed by atoms with van der Waals surface area (Å²) in [4.78, 5) is 29.6. The number of halogens is 1. The molecule has 1 atom stereocenters. The smallest absolute Gasteiger partial charge is 0.259 e. The first-order valence-electron chi connectivity index (χ1n) is 11.7. The zero-order chi connectivity index (χ0) is 23.5. The lowest BCUT2D eigenvalue weighted by Crippen LogP contribution is -2.34. The summed E-state index contributed by atoms with van der Waals surface area (Å²) in [6.07, 6.45) is 4.51. The van der Waals surface area contributed by atoms with Crippen molar-refractivity contribution >= 4 is 28.2 Å². The molecule has 0 aliphatic heterocycles. The first-order valence-corrected chi connectivity index (χ1v) is 12.5. The lowest BCUT2D eigenvalue weighted by molar-refractivity contribution is 0.0755. The highest BCUT2D eigenvalue weighted by Gasteiger charge is 2.35. The molecule has 0 saturated carbocycles. The van der Waals surface area contributed by atoms with E-state index in [1.54, 1.807) is 12.1 Å². The van der Waals surface area contributed by atoms with Gasteiger partial charge < -0.3 is 10.2 Å². The number of hydrogen-bond acceptors (Lipinski definition) is 3. The van der Waals surface area contributed by atoms with Crippen LogP contribution >= 0.6 is 11.3 Å². The van der Waals surface area contributed by atoms with Crippen LogP contribution in [0.1, 0.15) is 85.0 Å². The van der Waals surface area contributed by atoms with Crippen LogP contribution in [0.2, 0.25) is 0 Å². The lowest BCUT2D eigenvalue weighted by atomic mass is 9.72. The Bertz CT molecular complexity index is 971. The number of nitrogens with zero attached hydrogens (tertiary/aromatic N) is 1. The van der Waals surface area contributed by atoms with E-state index in [-0.39, 0.29) is 16.9 Å². The second-order valence-corrected chi connectivity index (χ2v) is 10.8. The largest absolute Gasteiger partial charge is 0.339 e. The number of carbonyl (C=O) groups excluding carboxylic acids is 2. The van der Waals surface area contributed by atoms with Gasteiger partial charge in [-0.3, -0.25) is 9.59 Å². The van der Waals surface area contributed by atoms with Crippen molar-refractivity contribution in [2.45, 2.75) is 66.7 Å². The monoisotopic (exact) mass is 458 g/mol. The van der Waals surface area contributed by atoms with Gasteiger partial charge in [-0.25, -0.2) is 4.39 Å². The minimum Gasteiger partial charge on any atom is -0.339 e. The molecule has 2 amide bonds. The molecule has 1 aromatic carbocycles. The normalized spacial score (nSPS) is 15.9. The Morgan fingerprint density at radius 2 is 1.81 bits per heavy atom. The van der Waals surface area contributed by atoms with Crippen LogP contribution in [0.5, 0.6) is 0 Å². The number of carbonyl (C=O) groups is 2. The van der Waals surface area contributed by atoms with Crippen molar-refractivity contribution < 1.29 is 14.0 Å². The van der Waals surface area contributed by atoms with Crippen LogP contribution in [0.3, 0.4) is 0 Å². The molecule has 6 heteroatoms. The molecule has 0 bridgehead atoms. The molecule has 2 aromatic rings. The molecule has 174 valence electrons. The first-order chi connectivity index (χ1) is 15.2. The van der Waals surface area contributed by atoms with E-state index >= 15 is 0 Å². The molecular formula is C26H35FN2O2S. The predicted molar refractivity (Wildman–Crippen MR) is 130 cm³/mol. The van der Waals surface area contributed by atoms with E-state index in [0.717, 1.165) is 37.7 Å². The molecule has 0 radical (unpaired) electrons. The number of anilines is 1. The second kappa shape index (κ2) is 10.2. The highest BCUT2D eigenvalue weighted by molar-refractivity contribution is 7.17. The quantitative estimate of drug-likeness (QED) is 0.511. The van der Waals surface area contributed by atoms with Gasteiger partial charge in [0.2, 0.25) is 0 Å². The zero-order valence-corrected chi connectivity index (χ0v) is 20.7. The minimum atomic E-state index is -0.564. The molecule has 3 rings (SSSR count). The highest BCUT2D eigenvalue weighted by atomic mass is 32.1. The number of amides is 2. The van der Waals surface area contributed by atoms with Gasteiger partial charge >= 0.3 is 0 Å². The summed E-state index contributed by atoms with van der Waals surface area (Å²) >= 11 is 1.49. The molecule has 1 aromatic heterocycles. The maximum absolute atomic E-state index is 14.2. The molecule has 1 unspecified atom stereocenters.